The Hall–Kier alpha value is -1.72. The molecule has 0 amide bonds. The maximum Gasteiger partial charge on any atom is 0.235 e. The minimum atomic E-state index is 0.132. The van der Waals surface area contributed by atoms with Gasteiger partial charge in [0, 0.05) is 19.7 Å². The first-order valence-corrected chi connectivity index (χ1v) is 6.57. The van der Waals surface area contributed by atoms with Crippen molar-refractivity contribution < 1.29 is 9.26 Å². The number of rotatable bonds is 4. The van der Waals surface area contributed by atoms with Crippen LogP contribution in [-0.2, 0) is 17.9 Å². The summed E-state index contributed by atoms with van der Waals surface area (Å²) in [5.41, 5.74) is 2.57. The maximum absolute atomic E-state index is 5.38. The minimum Gasteiger partial charge on any atom is -0.374 e. The highest BCUT2D eigenvalue weighted by Gasteiger charge is 2.26. The largest absolute Gasteiger partial charge is 0.374 e. The topological polar surface area (TPSA) is 60.2 Å². The van der Waals surface area contributed by atoms with E-state index in [0.717, 1.165) is 13.1 Å². The Kier molecular flexibility index (Phi) is 3.57. The normalized spacial score (nSPS) is 18.3. The lowest BCUT2D eigenvalue weighted by atomic mass is 9.91. The number of hydrogen-bond donors (Lipinski definition) is 1. The van der Waals surface area contributed by atoms with Crippen LogP contribution in [0.1, 0.15) is 35.7 Å². The molecule has 1 aromatic heterocycles. The third-order valence-electron chi connectivity index (χ3n) is 3.31. The fourth-order valence-corrected chi connectivity index (χ4v) is 2.38. The Balaban J connectivity index is 1.85. The van der Waals surface area contributed by atoms with Crippen LogP contribution >= 0.6 is 0 Å². The Morgan fingerprint density at radius 2 is 2.32 bits per heavy atom. The molecule has 3 rings (SSSR count). The molecule has 5 nitrogen and oxygen atoms in total. The van der Waals surface area contributed by atoms with Gasteiger partial charge in [-0.1, -0.05) is 29.4 Å². The summed E-state index contributed by atoms with van der Waals surface area (Å²) in [5.74, 6) is 1.40. The highest BCUT2D eigenvalue weighted by Crippen LogP contribution is 2.28. The van der Waals surface area contributed by atoms with Gasteiger partial charge in [0.1, 0.15) is 6.61 Å². The number of fused-ring (bicyclic) bond motifs is 1. The van der Waals surface area contributed by atoms with Crippen LogP contribution in [-0.4, -0.2) is 23.3 Å². The van der Waals surface area contributed by atoms with E-state index in [1.165, 1.54) is 11.1 Å². The molecule has 100 valence electrons. The molecule has 0 fully saturated rings. The molecule has 0 aliphatic carbocycles. The van der Waals surface area contributed by atoms with Crippen molar-refractivity contribution in [2.75, 3.05) is 13.2 Å². The third kappa shape index (κ3) is 2.52. The average Bonchev–Trinajstić information content (AvgIpc) is 2.93. The molecule has 1 N–H and O–H groups in total. The molecule has 0 bridgehead atoms. The first-order valence-electron chi connectivity index (χ1n) is 6.57. The van der Waals surface area contributed by atoms with Crippen molar-refractivity contribution in [2.45, 2.75) is 26.0 Å². The van der Waals surface area contributed by atoms with Crippen molar-refractivity contribution in [3.8, 4) is 0 Å². The van der Waals surface area contributed by atoms with Crippen molar-refractivity contribution in [3.05, 3.63) is 47.1 Å². The zero-order chi connectivity index (χ0) is 13.1. The molecule has 5 heteroatoms. The number of benzene rings is 1. The standard InChI is InChI=1S/C14H17N3O2/c1-2-18-9-13-16-14(19-17-13)12-8-15-7-10-5-3-4-6-11(10)12/h3-6,12,15H,2,7-9H2,1H3. The van der Waals surface area contributed by atoms with Gasteiger partial charge in [-0.2, -0.15) is 4.98 Å². The summed E-state index contributed by atoms with van der Waals surface area (Å²) < 4.78 is 10.7. The molecule has 1 aromatic carbocycles. The fourth-order valence-electron chi connectivity index (χ4n) is 2.38. The molecule has 1 unspecified atom stereocenters. The summed E-state index contributed by atoms with van der Waals surface area (Å²) >= 11 is 0. The van der Waals surface area contributed by atoms with E-state index in [4.69, 9.17) is 9.26 Å². The van der Waals surface area contributed by atoms with Crippen LogP contribution in [0.2, 0.25) is 0 Å². The first kappa shape index (κ1) is 12.3. The van der Waals surface area contributed by atoms with E-state index in [1.54, 1.807) is 0 Å². The number of nitrogens with one attached hydrogen (secondary N) is 1. The van der Waals surface area contributed by atoms with E-state index in [2.05, 4.69) is 39.7 Å². The van der Waals surface area contributed by atoms with E-state index in [-0.39, 0.29) is 5.92 Å². The SMILES string of the molecule is CCOCc1noc(C2CNCc3ccccc32)n1. The quantitative estimate of drug-likeness (QED) is 0.907. The molecule has 1 atom stereocenters. The first-order chi connectivity index (χ1) is 9.38. The van der Waals surface area contributed by atoms with Crippen molar-refractivity contribution in [2.24, 2.45) is 0 Å². The van der Waals surface area contributed by atoms with Crippen LogP contribution < -0.4 is 5.32 Å². The smallest absolute Gasteiger partial charge is 0.235 e. The maximum atomic E-state index is 5.38. The predicted molar refractivity (Wildman–Crippen MR) is 69.6 cm³/mol. The van der Waals surface area contributed by atoms with Crippen LogP contribution in [0.5, 0.6) is 0 Å². The zero-order valence-electron chi connectivity index (χ0n) is 10.9. The summed E-state index contributed by atoms with van der Waals surface area (Å²) in [5, 5.41) is 7.35. The number of aromatic nitrogens is 2. The van der Waals surface area contributed by atoms with Gasteiger partial charge in [-0.3, -0.25) is 0 Å². The second-order valence-corrected chi connectivity index (χ2v) is 4.57. The van der Waals surface area contributed by atoms with E-state index in [1.807, 2.05) is 6.92 Å². The summed E-state index contributed by atoms with van der Waals surface area (Å²) in [6.07, 6.45) is 0. The summed E-state index contributed by atoms with van der Waals surface area (Å²) in [6, 6.07) is 8.37. The molecule has 19 heavy (non-hydrogen) atoms. The highest BCUT2D eigenvalue weighted by atomic mass is 16.5. The van der Waals surface area contributed by atoms with Crippen LogP contribution in [0.3, 0.4) is 0 Å². The van der Waals surface area contributed by atoms with Gasteiger partial charge in [0.2, 0.25) is 5.89 Å². The van der Waals surface area contributed by atoms with Gasteiger partial charge < -0.3 is 14.6 Å². The molecule has 2 heterocycles. The van der Waals surface area contributed by atoms with Gasteiger partial charge in [-0.25, -0.2) is 0 Å². The van der Waals surface area contributed by atoms with Gasteiger partial charge in [-0.05, 0) is 18.1 Å². The zero-order valence-corrected chi connectivity index (χ0v) is 10.9. The van der Waals surface area contributed by atoms with E-state index >= 15 is 0 Å². The molecule has 0 spiro atoms. The average molecular weight is 259 g/mol. The van der Waals surface area contributed by atoms with Crippen LogP contribution in [0.15, 0.2) is 28.8 Å². The van der Waals surface area contributed by atoms with E-state index < -0.39 is 0 Å². The summed E-state index contributed by atoms with van der Waals surface area (Å²) in [7, 11) is 0. The Morgan fingerprint density at radius 1 is 1.42 bits per heavy atom. The Bertz CT molecular complexity index is 553. The van der Waals surface area contributed by atoms with Gasteiger partial charge in [0.25, 0.3) is 0 Å². The molecule has 0 radical (unpaired) electrons. The van der Waals surface area contributed by atoms with Crippen molar-refractivity contribution in [1.82, 2.24) is 15.5 Å². The highest BCUT2D eigenvalue weighted by molar-refractivity contribution is 5.35. The molecular formula is C14H17N3O2. The van der Waals surface area contributed by atoms with E-state index in [0.29, 0.717) is 24.9 Å². The second kappa shape index (κ2) is 5.50. The molecule has 1 aliphatic rings. The fraction of sp³-hybridized carbons (Fsp3) is 0.429. The predicted octanol–water partition coefficient (Wildman–Crippen LogP) is 1.84. The lowest BCUT2D eigenvalue weighted by Gasteiger charge is -2.23. The van der Waals surface area contributed by atoms with Gasteiger partial charge in [-0.15, -0.1) is 0 Å². The second-order valence-electron chi connectivity index (χ2n) is 4.57. The number of ether oxygens (including phenoxy) is 1. The van der Waals surface area contributed by atoms with Gasteiger partial charge >= 0.3 is 0 Å². The monoisotopic (exact) mass is 259 g/mol. The Morgan fingerprint density at radius 3 is 3.21 bits per heavy atom. The molecule has 0 saturated heterocycles. The van der Waals surface area contributed by atoms with Crippen LogP contribution in [0, 0.1) is 0 Å². The van der Waals surface area contributed by atoms with E-state index in [9.17, 15) is 0 Å². The van der Waals surface area contributed by atoms with Crippen LogP contribution in [0.25, 0.3) is 0 Å². The molecular weight excluding hydrogens is 242 g/mol. The lowest BCUT2D eigenvalue weighted by molar-refractivity contribution is 0.126. The van der Waals surface area contributed by atoms with Crippen molar-refractivity contribution in [1.29, 1.82) is 0 Å². The van der Waals surface area contributed by atoms with Gasteiger partial charge in [0.15, 0.2) is 5.82 Å². The summed E-state index contributed by atoms with van der Waals surface area (Å²) in [4.78, 5) is 4.43. The van der Waals surface area contributed by atoms with Crippen molar-refractivity contribution >= 4 is 0 Å². The Labute approximate surface area is 112 Å². The summed E-state index contributed by atoms with van der Waals surface area (Å²) in [6.45, 7) is 4.72. The third-order valence-corrected chi connectivity index (χ3v) is 3.31. The van der Waals surface area contributed by atoms with Crippen LogP contribution in [0.4, 0.5) is 0 Å². The minimum absolute atomic E-state index is 0.132. The number of nitrogens with zero attached hydrogens (tertiary/aromatic N) is 2. The molecule has 2 aromatic rings. The number of hydrogen-bond acceptors (Lipinski definition) is 5. The molecule has 1 aliphatic heterocycles. The van der Waals surface area contributed by atoms with Gasteiger partial charge in [0.05, 0.1) is 5.92 Å². The van der Waals surface area contributed by atoms with Crippen molar-refractivity contribution in [3.63, 3.8) is 0 Å². The lowest BCUT2D eigenvalue weighted by Crippen LogP contribution is -2.28. The molecule has 0 saturated carbocycles.